The third-order valence-corrected chi connectivity index (χ3v) is 10.6. The number of H-pyrrole nitrogens is 2. The first-order chi connectivity index (χ1) is 28.3. The Morgan fingerprint density at radius 3 is 2.33 bits per heavy atom. The molecule has 58 heavy (non-hydrogen) atoms. The van der Waals surface area contributed by atoms with Gasteiger partial charge in [-0.25, -0.2) is 19.7 Å². The van der Waals surface area contributed by atoms with Crippen LogP contribution in [0.4, 0.5) is 10.5 Å². The van der Waals surface area contributed by atoms with Crippen LogP contribution in [-0.4, -0.2) is 79.2 Å². The summed E-state index contributed by atoms with van der Waals surface area (Å²) in [6, 6.07) is 21.4. The van der Waals surface area contributed by atoms with Gasteiger partial charge in [0.1, 0.15) is 5.82 Å². The number of nitrogens with one attached hydrogen (secondary N) is 2. The third-order valence-electron chi connectivity index (χ3n) is 10.6. The predicted molar refractivity (Wildman–Crippen MR) is 228 cm³/mol. The number of aryl methyl sites for hydroxylation is 1. The second-order valence-electron chi connectivity index (χ2n) is 14.3. The van der Waals surface area contributed by atoms with Gasteiger partial charge in [0.2, 0.25) is 5.91 Å². The van der Waals surface area contributed by atoms with E-state index in [0.29, 0.717) is 5.91 Å². The van der Waals surface area contributed by atoms with Gasteiger partial charge < -0.3 is 35.3 Å². The average Bonchev–Trinajstić information content (AvgIpc) is 4.11. The zero-order valence-corrected chi connectivity index (χ0v) is 33.6. The summed E-state index contributed by atoms with van der Waals surface area (Å²) in [5.41, 5.74) is 17.5. The molecule has 1 saturated heterocycles. The van der Waals surface area contributed by atoms with Gasteiger partial charge >= 0.3 is 6.09 Å². The van der Waals surface area contributed by atoms with Gasteiger partial charge in [0.05, 0.1) is 66.2 Å². The van der Waals surface area contributed by atoms with E-state index in [9.17, 15) is 9.59 Å². The summed E-state index contributed by atoms with van der Waals surface area (Å²) >= 11 is 0. The van der Waals surface area contributed by atoms with Gasteiger partial charge in [0.15, 0.2) is 0 Å². The number of aromatic amines is 2. The summed E-state index contributed by atoms with van der Waals surface area (Å²) in [6.07, 6.45) is 16.1. The van der Waals surface area contributed by atoms with Gasteiger partial charge in [0, 0.05) is 55.6 Å². The number of aromatic nitrogens is 6. The molecule has 0 aliphatic carbocycles. The summed E-state index contributed by atoms with van der Waals surface area (Å²) in [5, 5.41) is 7.00. The van der Waals surface area contributed by atoms with Gasteiger partial charge in [-0.05, 0) is 67.3 Å². The molecule has 5 N–H and O–H groups in total. The maximum Gasteiger partial charge on any atom is 0.404 e. The molecular weight excluding hydrogens is 731 g/mol. The number of amides is 2. The monoisotopic (exact) mass is 783 g/mol. The molecule has 3 aromatic carbocycles. The summed E-state index contributed by atoms with van der Waals surface area (Å²) in [7, 11) is 2.22. The quantitative estimate of drug-likeness (QED) is 0.124. The largest absolute Gasteiger partial charge is 0.453 e. The lowest BCUT2D eigenvalue weighted by atomic mass is 10.0. The van der Waals surface area contributed by atoms with Crippen molar-refractivity contribution in [2.24, 2.45) is 5.73 Å². The Kier molecular flexibility index (Phi) is 14.0. The van der Waals surface area contributed by atoms with Crippen LogP contribution in [0.2, 0.25) is 0 Å². The number of allylic oxidation sites excluding steroid dienone is 1. The van der Waals surface area contributed by atoms with Crippen LogP contribution < -0.4 is 10.6 Å². The highest BCUT2D eigenvalue weighted by Gasteiger charge is 2.36. The van der Waals surface area contributed by atoms with Gasteiger partial charge in [0.25, 0.3) is 0 Å². The van der Waals surface area contributed by atoms with E-state index in [-0.39, 0.29) is 6.04 Å². The number of carbonyl (C=O) groups excluding carboxylic acids is 2. The van der Waals surface area contributed by atoms with Crippen LogP contribution in [0.15, 0.2) is 97.9 Å². The van der Waals surface area contributed by atoms with Crippen molar-refractivity contribution in [2.75, 3.05) is 32.2 Å². The van der Waals surface area contributed by atoms with Crippen molar-refractivity contribution in [3.63, 3.8) is 0 Å². The molecule has 6 heterocycles. The number of aliphatic hydroxyl groups is 1. The van der Waals surface area contributed by atoms with E-state index in [1.165, 1.54) is 42.5 Å². The first-order valence-corrected chi connectivity index (χ1v) is 19.9. The Balaban J connectivity index is 0.000000264. The molecular formula is C45H53N9O4. The van der Waals surface area contributed by atoms with Crippen molar-refractivity contribution in [2.45, 2.75) is 70.8 Å². The molecule has 6 aromatic rings. The highest BCUT2D eigenvalue weighted by molar-refractivity contribution is 5.82. The Hall–Kier alpha value is -6.34. The van der Waals surface area contributed by atoms with E-state index < -0.39 is 6.09 Å². The van der Waals surface area contributed by atoms with E-state index in [1.807, 2.05) is 35.5 Å². The number of imidazole rings is 2. The topological polar surface area (TPSA) is 179 Å². The number of unbranched alkanes of at least 4 members (excludes halogenated alkanes) is 1. The van der Waals surface area contributed by atoms with Crippen molar-refractivity contribution < 1.29 is 19.4 Å². The van der Waals surface area contributed by atoms with E-state index in [4.69, 9.17) is 15.1 Å². The molecule has 3 aliphatic heterocycles. The van der Waals surface area contributed by atoms with Crippen molar-refractivity contribution >= 4 is 28.7 Å². The summed E-state index contributed by atoms with van der Waals surface area (Å²) in [4.78, 5) is 50.4. The molecule has 0 spiro atoms. The highest BCUT2D eigenvalue weighted by Crippen LogP contribution is 2.47. The fourth-order valence-electron chi connectivity index (χ4n) is 7.63. The van der Waals surface area contributed by atoms with Crippen LogP contribution in [0.3, 0.4) is 0 Å². The molecule has 0 radical (unpaired) electrons. The lowest BCUT2D eigenvalue weighted by Crippen LogP contribution is -2.27. The number of carbonyl (C=O) groups is 2. The van der Waals surface area contributed by atoms with Crippen molar-refractivity contribution in [3.05, 3.63) is 115 Å². The fourth-order valence-corrected chi connectivity index (χ4v) is 7.63. The number of aliphatic hydroxyl groups excluding tert-OH is 1. The number of para-hydroxylation sites is 1. The predicted octanol–water partition coefficient (Wildman–Crippen LogP) is 8.15. The molecule has 1 atom stereocenters. The van der Waals surface area contributed by atoms with Gasteiger partial charge in [-0.2, -0.15) is 0 Å². The van der Waals surface area contributed by atoms with Crippen molar-refractivity contribution in [1.82, 2.24) is 34.8 Å². The summed E-state index contributed by atoms with van der Waals surface area (Å²) < 4.78 is 3.89. The molecule has 3 aliphatic rings. The number of nitrogens with two attached hydrogens (primary N) is 1. The van der Waals surface area contributed by atoms with Crippen LogP contribution >= 0.6 is 0 Å². The molecule has 1 fully saturated rings. The number of primary amides is 1. The maximum atomic E-state index is 11.3. The Bertz CT molecular complexity index is 2300. The number of hydrogen-bond donors (Lipinski definition) is 4. The number of methoxy groups -OCH3 is 1. The normalized spacial score (nSPS) is 15.2. The molecule has 0 unspecified atom stereocenters. The van der Waals surface area contributed by atoms with Crippen LogP contribution in [0.1, 0.15) is 74.9 Å². The number of benzene rings is 3. The Labute approximate surface area is 339 Å². The zero-order chi connectivity index (χ0) is 41.0. The first-order valence-electron chi connectivity index (χ1n) is 19.9. The van der Waals surface area contributed by atoms with Crippen LogP contribution in [-0.2, 0) is 22.4 Å². The Morgan fingerprint density at radius 1 is 0.897 bits per heavy atom. The standard InChI is InChI=1S/C33H27N7.C9H17NO.C2H5NO2.CH4O/c1-20-4-2-5-23-6-3-7-25-15-31(40(20)32(23)25)33-36-18-30(39-33)22-10-8-21(9-11-22)29-17-35-27-14-24(12-13-26(27)38-29)28-16-34-19-37-28;1-2-3-6-9(11)10-7-4-5-8-10;1-5-2(3)4;1-2/h3,6-14,16-19,31H,1-2,4-5,15H2,(H,34,37)(H,36,39);2-8H2,1H3;1H3,(H2,3,4);2H,1H3/t31-;;;/m0.../s1. The van der Waals surface area contributed by atoms with E-state index in [1.54, 1.807) is 12.5 Å². The first kappa shape index (κ1) is 41.3. The van der Waals surface area contributed by atoms with Crippen LogP contribution in [0.25, 0.3) is 44.8 Å². The molecule has 0 bridgehead atoms. The lowest BCUT2D eigenvalue weighted by molar-refractivity contribution is -0.130. The second-order valence-corrected chi connectivity index (χ2v) is 14.3. The summed E-state index contributed by atoms with van der Waals surface area (Å²) in [5.74, 6) is 1.35. The fraction of sp³-hybridized carbons (Fsp3) is 0.333. The minimum absolute atomic E-state index is 0.149. The third kappa shape index (κ3) is 9.60. The summed E-state index contributed by atoms with van der Waals surface area (Å²) in [6.45, 7) is 8.57. The second kappa shape index (κ2) is 19.7. The number of anilines is 1. The molecule has 2 amide bonds. The van der Waals surface area contributed by atoms with E-state index >= 15 is 0 Å². The SMILES string of the molecule is C=C1CCCc2cccc3c2N1[C@H](c1ncc(-c2ccc(-c4cnc5cc(-c6cnc[nH]6)ccc5n4)cc2)[nH]1)C3.CCCCC(=O)N1CCCC1.CO.COC(N)=O. The minimum atomic E-state index is -0.745. The molecule has 9 rings (SSSR count). The average molecular weight is 784 g/mol. The zero-order valence-electron chi connectivity index (χ0n) is 33.6. The molecule has 302 valence electrons. The van der Waals surface area contributed by atoms with Crippen molar-refractivity contribution in [3.8, 4) is 33.8 Å². The van der Waals surface area contributed by atoms with Crippen LogP contribution in [0, 0.1) is 0 Å². The number of fused-ring (bicyclic) bond motifs is 1. The molecule has 3 aromatic heterocycles. The number of rotatable bonds is 7. The number of ether oxygens (including phenoxy) is 1. The number of likely N-dealkylation sites (tertiary alicyclic amines) is 1. The number of nitrogens with zero attached hydrogens (tertiary/aromatic N) is 6. The molecule has 0 saturated carbocycles. The van der Waals surface area contributed by atoms with Gasteiger partial charge in [-0.1, -0.05) is 68.5 Å². The Morgan fingerprint density at radius 2 is 1.62 bits per heavy atom. The maximum absolute atomic E-state index is 11.3. The van der Waals surface area contributed by atoms with E-state index in [2.05, 4.69) is 91.3 Å². The molecule has 13 heteroatoms. The van der Waals surface area contributed by atoms with Crippen molar-refractivity contribution in [1.29, 1.82) is 0 Å². The van der Waals surface area contributed by atoms with Gasteiger partial charge in [-0.3, -0.25) is 9.78 Å². The smallest absolute Gasteiger partial charge is 0.404 e. The lowest BCUT2D eigenvalue weighted by Gasteiger charge is -2.27. The van der Waals surface area contributed by atoms with Gasteiger partial charge in [-0.15, -0.1) is 0 Å². The van der Waals surface area contributed by atoms with Crippen LogP contribution in [0.5, 0.6) is 0 Å². The highest BCUT2D eigenvalue weighted by atomic mass is 16.5. The van der Waals surface area contributed by atoms with E-state index in [0.717, 1.165) is 116 Å². The number of hydrogen-bond acceptors (Lipinski definition) is 9. The molecule has 13 nitrogen and oxygen atoms in total. The minimum Gasteiger partial charge on any atom is -0.453 e.